The number of aliphatic imine (C=N–C) groups is 1. The summed E-state index contributed by atoms with van der Waals surface area (Å²) in [6.07, 6.45) is 1.73. The molecule has 0 aromatic carbocycles. The number of nitrogens with one attached hydrogen (secondary N) is 1. The highest BCUT2D eigenvalue weighted by atomic mass is 15.2. The first-order valence-electron chi connectivity index (χ1n) is 3.35. The van der Waals surface area contributed by atoms with Gasteiger partial charge in [-0.1, -0.05) is 0 Å². The Hall–Kier alpha value is -1.52. The minimum absolute atomic E-state index is 0.459. The molecule has 0 saturated carbocycles. The molecular weight excluding hydrogens is 142 g/mol. The lowest BCUT2D eigenvalue weighted by Crippen LogP contribution is -2.33. The van der Waals surface area contributed by atoms with Crippen LogP contribution in [0.1, 0.15) is 5.69 Å². The van der Waals surface area contributed by atoms with E-state index in [1.165, 1.54) is 0 Å². The average molecular weight is 151 g/mol. The largest absolute Gasteiger partial charge is 0.370 e. The van der Waals surface area contributed by atoms with Crippen LogP contribution in [0.15, 0.2) is 11.3 Å². The van der Waals surface area contributed by atoms with Crippen molar-refractivity contribution in [2.45, 2.75) is 6.54 Å². The molecule has 0 atom stereocenters. The molecule has 1 aromatic heterocycles. The molecule has 0 unspecified atom stereocenters. The third-order valence-electron chi connectivity index (χ3n) is 1.64. The van der Waals surface area contributed by atoms with Gasteiger partial charge in [0.15, 0.2) is 11.8 Å². The van der Waals surface area contributed by atoms with Crippen molar-refractivity contribution in [1.29, 1.82) is 0 Å². The Balaban J connectivity index is 2.55. The Kier molecular flexibility index (Phi) is 1.12. The maximum absolute atomic E-state index is 5.48. The van der Waals surface area contributed by atoms with E-state index in [1.54, 1.807) is 6.33 Å². The van der Waals surface area contributed by atoms with Crippen LogP contribution in [0.5, 0.6) is 0 Å². The Labute approximate surface area is 63.9 Å². The van der Waals surface area contributed by atoms with E-state index in [-0.39, 0.29) is 0 Å². The maximum atomic E-state index is 5.48. The number of fused-ring (bicyclic) bond motifs is 1. The lowest BCUT2D eigenvalue weighted by Gasteiger charge is -2.10. The number of nitrogens with two attached hydrogens (primary N) is 1. The number of hydrogen-bond acceptors (Lipinski definition) is 4. The highest BCUT2D eigenvalue weighted by molar-refractivity contribution is 5.82. The molecule has 1 aromatic rings. The van der Waals surface area contributed by atoms with Crippen molar-refractivity contribution >= 4 is 11.8 Å². The second kappa shape index (κ2) is 1.98. The summed E-state index contributed by atoms with van der Waals surface area (Å²) >= 11 is 0. The lowest BCUT2D eigenvalue weighted by molar-refractivity contribution is 0.839. The Morgan fingerprint density at radius 1 is 1.73 bits per heavy atom. The van der Waals surface area contributed by atoms with Crippen LogP contribution in [-0.4, -0.2) is 15.5 Å². The highest BCUT2D eigenvalue weighted by Gasteiger charge is 2.12. The number of aromatic nitrogens is 2. The summed E-state index contributed by atoms with van der Waals surface area (Å²) in [6.45, 7) is 0.672. The predicted octanol–water partition coefficient (Wildman–Crippen LogP) is -0.531. The molecule has 0 amide bonds. The van der Waals surface area contributed by atoms with Crippen LogP contribution >= 0.6 is 0 Å². The summed E-state index contributed by atoms with van der Waals surface area (Å²) in [5.74, 6) is 1.31. The molecule has 0 aliphatic carbocycles. The monoisotopic (exact) mass is 151 g/mol. The van der Waals surface area contributed by atoms with Crippen LogP contribution in [0.2, 0.25) is 0 Å². The van der Waals surface area contributed by atoms with Gasteiger partial charge >= 0.3 is 0 Å². The summed E-state index contributed by atoms with van der Waals surface area (Å²) in [6, 6.07) is 0. The molecule has 0 saturated heterocycles. The van der Waals surface area contributed by atoms with Gasteiger partial charge in [-0.2, -0.15) is 4.99 Å². The smallest absolute Gasteiger partial charge is 0.195 e. The fourth-order valence-electron chi connectivity index (χ4n) is 1.07. The summed E-state index contributed by atoms with van der Waals surface area (Å²) in [5, 5.41) is 2.90. The van der Waals surface area contributed by atoms with E-state index in [0.717, 1.165) is 11.5 Å². The van der Waals surface area contributed by atoms with Gasteiger partial charge in [0.1, 0.15) is 5.69 Å². The molecule has 58 valence electrons. The van der Waals surface area contributed by atoms with Gasteiger partial charge in [0.2, 0.25) is 0 Å². The van der Waals surface area contributed by atoms with Crippen molar-refractivity contribution in [3.05, 3.63) is 12.0 Å². The Morgan fingerprint density at radius 2 is 2.55 bits per heavy atom. The van der Waals surface area contributed by atoms with Gasteiger partial charge < -0.3 is 15.6 Å². The van der Waals surface area contributed by atoms with Gasteiger partial charge in [-0.15, -0.1) is 0 Å². The third kappa shape index (κ3) is 0.849. The van der Waals surface area contributed by atoms with Gasteiger partial charge in [-0.25, -0.2) is 4.98 Å². The minimum Gasteiger partial charge on any atom is -0.370 e. The molecule has 5 heteroatoms. The first-order valence-corrected chi connectivity index (χ1v) is 3.35. The second-order valence-corrected chi connectivity index (χ2v) is 2.48. The molecule has 11 heavy (non-hydrogen) atoms. The first-order chi connectivity index (χ1) is 5.27. The fourth-order valence-corrected chi connectivity index (χ4v) is 1.07. The molecule has 3 N–H and O–H groups in total. The van der Waals surface area contributed by atoms with Crippen LogP contribution in [0.3, 0.4) is 0 Å². The van der Waals surface area contributed by atoms with Crippen LogP contribution in [0.25, 0.3) is 0 Å². The molecule has 2 rings (SSSR count). The number of nitrogens with zero attached hydrogens (tertiary/aromatic N) is 3. The molecule has 1 aliphatic rings. The summed E-state index contributed by atoms with van der Waals surface area (Å²) in [7, 11) is 1.90. The van der Waals surface area contributed by atoms with Crippen LogP contribution in [0.4, 0.5) is 5.82 Å². The molecular formula is C6H9N5. The van der Waals surface area contributed by atoms with E-state index in [4.69, 9.17) is 5.73 Å². The zero-order valence-corrected chi connectivity index (χ0v) is 6.20. The van der Waals surface area contributed by atoms with E-state index in [1.807, 2.05) is 11.6 Å². The van der Waals surface area contributed by atoms with Crippen LogP contribution in [-0.2, 0) is 13.6 Å². The number of rotatable bonds is 0. The van der Waals surface area contributed by atoms with Crippen molar-refractivity contribution in [3.63, 3.8) is 0 Å². The maximum Gasteiger partial charge on any atom is 0.195 e. The second-order valence-electron chi connectivity index (χ2n) is 2.48. The normalized spacial score (nSPS) is 15.2. The number of hydrogen-bond donors (Lipinski definition) is 2. The van der Waals surface area contributed by atoms with Gasteiger partial charge in [0.25, 0.3) is 0 Å². The van der Waals surface area contributed by atoms with E-state index in [9.17, 15) is 0 Å². The molecule has 0 fully saturated rings. The number of imidazole rings is 1. The van der Waals surface area contributed by atoms with Crippen LogP contribution < -0.4 is 11.1 Å². The predicted molar refractivity (Wildman–Crippen MR) is 41.3 cm³/mol. The fraction of sp³-hybridized carbons (Fsp3) is 0.333. The average Bonchev–Trinajstić information content (AvgIpc) is 2.33. The minimum atomic E-state index is 0.459. The topological polar surface area (TPSA) is 68.2 Å². The molecule has 5 nitrogen and oxygen atoms in total. The van der Waals surface area contributed by atoms with Crippen molar-refractivity contribution in [2.24, 2.45) is 17.8 Å². The van der Waals surface area contributed by atoms with Crippen molar-refractivity contribution < 1.29 is 0 Å². The number of aryl methyl sites for hydroxylation is 1. The van der Waals surface area contributed by atoms with Crippen molar-refractivity contribution in [2.75, 3.05) is 0 Å². The first kappa shape index (κ1) is 6.21. The highest BCUT2D eigenvalue weighted by Crippen LogP contribution is 2.18. The summed E-state index contributed by atoms with van der Waals surface area (Å²) < 4.78 is 1.85. The lowest BCUT2D eigenvalue weighted by atomic mass is 10.4. The van der Waals surface area contributed by atoms with Gasteiger partial charge in [-0.3, -0.25) is 0 Å². The molecule has 0 radical (unpaired) electrons. The SMILES string of the molecule is Cn1cnc2c1N=C(N)NC2. The van der Waals surface area contributed by atoms with E-state index in [0.29, 0.717) is 12.5 Å². The molecule has 1 aliphatic heterocycles. The summed E-state index contributed by atoms with van der Waals surface area (Å²) in [4.78, 5) is 8.22. The van der Waals surface area contributed by atoms with Crippen molar-refractivity contribution in [1.82, 2.24) is 14.9 Å². The molecule has 0 spiro atoms. The van der Waals surface area contributed by atoms with E-state index in [2.05, 4.69) is 15.3 Å². The zero-order chi connectivity index (χ0) is 7.84. The Bertz CT molecular complexity index is 311. The standard InChI is InChI=1S/C6H9N5/c1-11-3-9-4-2-8-6(7)10-5(4)11/h3H,2H2,1H3,(H3,7,8,10). The zero-order valence-electron chi connectivity index (χ0n) is 6.20. The van der Waals surface area contributed by atoms with E-state index < -0.39 is 0 Å². The number of guanidine groups is 1. The van der Waals surface area contributed by atoms with Gasteiger partial charge in [0, 0.05) is 7.05 Å². The summed E-state index contributed by atoms with van der Waals surface area (Å²) in [5.41, 5.74) is 6.42. The van der Waals surface area contributed by atoms with Crippen LogP contribution in [0, 0.1) is 0 Å². The molecule has 2 heterocycles. The van der Waals surface area contributed by atoms with E-state index >= 15 is 0 Å². The molecule has 0 bridgehead atoms. The third-order valence-corrected chi connectivity index (χ3v) is 1.64. The van der Waals surface area contributed by atoms with Gasteiger partial charge in [-0.05, 0) is 0 Å². The quantitative estimate of drug-likeness (QED) is 0.523. The van der Waals surface area contributed by atoms with Gasteiger partial charge in [0.05, 0.1) is 12.9 Å². The van der Waals surface area contributed by atoms with Crippen molar-refractivity contribution in [3.8, 4) is 0 Å². The Morgan fingerprint density at radius 3 is 3.36 bits per heavy atom.